The third kappa shape index (κ3) is 3.83. The molecule has 4 heteroatoms. The number of carbonyl (C=O) groups is 2. The number of rotatable bonds is 4. The molecule has 0 spiro atoms. The molecule has 0 bridgehead atoms. The number of hydrogen-bond acceptors (Lipinski definition) is 3. The van der Waals surface area contributed by atoms with Crippen molar-refractivity contribution in [1.29, 1.82) is 0 Å². The molecule has 4 nitrogen and oxygen atoms in total. The predicted octanol–water partition coefficient (Wildman–Crippen LogP) is 5.09. The largest absolute Gasteiger partial charge is 0.426 e. The van der Waals surface area contributed by atoms with Crippen LogP contribution in [0.5, 0.6) is 5.75 Å². The van der Waals surface area contributed by atoms with Gasteiger partial charge in [0.2, 0.25) is 0 Å². The monoisotopic (exact) mass is 383 g/mol. The summed E-state index contributed by atoms with van der Waals surface area (Å²) in [6.07, 6.45) is 1.83. The third-order valence-corrected chi connectivity index (χ3v) is 4.96. The summed E-state index contributed by atoms with van der Waals surface area (Å²) < 4.78 is 7.14. The average Bonchev–Trinajstić information content (AvgIpc) is 3.08. The number of esters is 1. The smallest absolute Gasteiger partial charge is 0.315 e. The minimum Gasteiger partial charge on any atom is -0.426 e. The lowest BCUT2D eigenvalue weighted by atomic mass is 10.1. The highest BCUT2D eigenvalue weighted by Gasteiger charge is 2.18. The zero-order valence-electron chi connectivity index (χ0n) is 16.4. The predicted molar refractivity (Wildman–Crippen MR) is 113 cm³/mol. The lowest BCUT2D eigenvalue weighted by Gasteiger charge is -2.06. The molecule has 0 saturated carbocycles. The lowest BCUT2D eigenvalue weighted by Crippen LogP contribution is -2.12. The second kappa shape index (κ2) is 7.76. The molecule has 0 aliphatic carbocycles. The highest BCUT2D eigenvalue weighted by Crippen LogP contribution is 2.24. The van der Waals surface area contributed by atoms with Gasteiger partial charge in [0.1, 0.15) is 5.75 Å². The molecule has 4 rings (SSSR count). The van der Waals surface area contributed by atoms with E-state index < -0.39 is 0 Å². The van der Waals surface area contributed by atoms with Crippen molar-refractivity contribution >= 4 is 22.8 Å². The maximum Gasteiger partial charge on any atom is 0.315 e. The first kappa shape index (κ1) is 18.7. The number of carbonyl (C=O) groups excluding carboxylic acids is 2. The number of ether oxygens (including phenoxy) is 1. The number of aryl methyl sites for hydroxylation is 2. The number of fused-ring (bicyclic) bond motifs is 1. The summed E-state index contributed by atoms with van der Waals surface area (Å²) in [6.45, 7) is 3.88. The Morgan fingerprint density at radius 3 is 2.31 bits per heavy atom. The average molecular weight is 383 g/mol. The molecule has 3 aromatic carbocycles. The van der Waals surface area contributed by atoms with E-state index in [2.05, 4.69) is 0 Å². The van der Waals surface area contributed by atoms with Crippen LogP contribution in [0.15, 0.2) is 79.0 Å². The molecule has 0 aliphatic rings. The minimum absolute atomic E-state index is 0.0863. The van der Waals surface area contributed by atoms with E-state index in [4.69, 9.17) is 4.74 Å². The van der Waals surface area contributed by atoms with Gasteiger partial charge in [-0.05, 0) is 49.2 Å². The molecule has 144 valence electrons. The van der Waals surface area contributed by atoms with E-state index in [1.54, 1.807) is 16.8 Å². The second-order valence-electron chi connectivity index (χ2n) is 7.13. The van der Waals surface area contributed by atoms with Gasteiger partial charge in [-0.15, -0.1) is 0 Å². The lowest BCUT2D eigenvalue weighted by molar-refractivity contribution is -0.133. The van der Waals surface area contributed by atoms with E-state index >= 15 is 0 Å². The SMILES string of the molecule is Cc1ccc(C(=O)n2cc(CC(=O)Oc3ccccc3C)c3ccccc32)cc1. The number of nitrogens with zero attached hydrogens (tertiary/aromatic N) is 1. The van der Waals surface area contributed by atoms with Gasteiger partial charge < -0.3 is 4.74 Å². The summed E-state index contributed by atoms with van der Waals surface area (Å²) in [5.41, 5.74) is 4.14. The van der Waals surface area contributed by atoms with E-state index in [9.17, 15) is 9.59 Å². The molecular formula is C25H21NO3. The van der Waals surface area contributed by atoms with Gasteiger partial charge >= 0.3 is 5.97 Å². The summed E-state index contributed by atoms with van der Waals surface area (Å²) in [6, 6.07) is 22.5. The first-order valence-corrected chi connectivity index (χ1v) is 9.49. The summed E-state index contributed by atoms with van der Waals surface area (Å²) >= 11 is 0. The fourth-order valence-corrected chi connectivity index (χ4v) is 3.38. The van der Waals surface area contributed by atoms with Crippen LogP contribution in [-0.4, -0.2) is 16.4 Å². The van der Waals surface area contributed by atoms with Crippen LogP contribution in [0, 0.1) is 13.8 Å². The van der Waals surface area contributed by atoms with Crippen LogP contribution >= 0.6 is 0 Å². The molecule has 1 aromatic heterocycles. The van der Waals surface area contributed by atoms with Gasteiger partial charge in [0.25, 0.3) is 5.91 Å². The van der Waals surface area contributed by atoms with Crippen LogP contribution in [0.4, 0.5) is 0 Å². The maximum atomic E-state index is 13.1. The Balaban J connectivity index is 1.65. The third-order valence-electron chi connectivity index (χ3n) is 4.96. The van der Waals surface area contributed by atoms with Crippen molar-refractivity contribution in [3.8, 4) is 5.75 Å². The zero-order valence-corrected chi connectivity index (χ0v) is 16.4. The highest BCUT2D eigenvalue weighted by molar-refractivity contribution is 6.03. The second-order valence-corrected chi connectivity index (χ2v) is 7.13. The molecule has 29 heavy (non-hydrogen) atoms. The van der Waals surface area contributed by atoms with Gasteiger partial charge in [-0.2, -0.15) is 0 Å². The summed E-state index contributed by atoms with van der Waals surface area (Å²) in [5, 5.41) is 0.870. The molecule has 0 N–H and O–H groups in total. The van der Waals surface area contributed by atoms with Crippen LogP contribution < -0.4 is 4.74 Å². The maximum absolute atomic E-state index is 13.1. The Morgan fingerprint density at radius 1 is 0.862 bits per heavy atom. The van der Waals surface area contributed by atoms with Gasteiger partial charge in [0.15, 0.2) is 0 Å². The normalized spacial score (nSPS) is 10.8. The summed E-state index contributed by atoms with van der Waals surface area (Å²) in [5.74, 6) is 0.0710. The quantitative estimate of drug-likeness (QED) is 0.364. The fraction of sp³-hybridized carbons (Fsp3) is 0.120. The topological polar surface area (TPSA) is 48.3 Å². The van der Waals surface area contributed by atoms with Crippen molar-refractivity contribution < 1.29 is 14.3 Å². The van der Waals surface area contributed by atoms with Crippen molar-refractivity contribution in [2.45, 2.75) is 20.3 Å². The van der Waals surface area contributed by atoms with E-state index in [-0.39, 0.29) is 18.3 Å². The first-order chi connectivity index (χ1) is 14.0. The fourth-order valence-electron chi connectivity index (χ4n) is 3.38. The summed E-state index contributed by atoms with van der Waals surface area (Å²) in [4.78, 5) is 25.6. The van der Waals surface area contributed by atoms with E-state index in [1.165, 1.54) is 0 Å². The highest BCUT2D eigenvalue weighted by atomic mass is 16.5. The van der Waals surface area contributed by atoms with Crippen molar-refractivity contribution in [3.63, 3.8) is 0 Å². The van der Waals surface area contributed by atoms with E-state index in [0.29, 0.717) is 11.3 Å². The van der Waals surface area contributed by atoms with Gasteiger partial charge in [0.05, 0.1) is 11.9 Å². The number of aromatic nitrogens is 1. The number of hydrogen-bond donors (Lipinski definition) is 0. The van der Waals surface area contributed by atoms with E-state index in [0.717, 1.165) is 27.6 Å². The van der Waals surface area contributed by atoms with Crippen molar-refractivity contribution in [2.24, 2.45) is 0 Å². The van der Waals surface area contributed by atoms with Crippen LogP contribution in [-0.2, 0) is 11.2 Å². The molecular weight excluding hydrogens is 362 g/mol. The van der Waals surface area contributed by atoms with Gasteiger partial charge in [0, 0.05) is 17.1 Å². The molecule has 1 heterocycles. The van der Waals surface area contributed by atoms with Crippen LogP contribution in [0.3, 0.4) is 0 Å². The van der Waals surface area contributed by atoms with Gasteiger partial charge in [-0.3, -0.25) is 14.2 Å². The molecule has 0 amide bonds. The van der Waals surface area contributed by atoms with Crippen LogP contribution in [0.1, 0.15) is 27.0 Å². The van der Waals surface area contributed by atoms with Gasteiger partial charge in [-0.1, -0.05) is 54.1 Å². The molecule has 0 atom stereocenters. The zero-order chi connectivity index (χ0) is 20.4. The Morgan fingerprint density at radius 2 is 1.55 bits per heavy atom. The Bertz CT molecular complexity index is 1200. The molecule has 0 aliphatic heterocycles. The van der Waals surface area contributed by atoms with E-state index in [1.807, 2.05) is 80.6 Å². The van der Waals surface area contributed by atoms with Crippen molar-refractivity contribution in [1.82, 2.24) is 4.57 Å². The van der Waals surface area contributed by atoms with Gasteiger partial charge in [-0.25, -0.2) is 0 Å². The molecule has 0 fully saturated rings. The Labute approximate surface area is 169 Å². The molecule has 0 saturated heterocycles. The first-order valence-electron chi connectivity index (χ1n) is 9.49. The molecule has 0 unspecified atom stereocenters. The van der Waals surface area contributed by atoms with Crippen molar-refractivity contribution in [2.75, 3.05) is 0 Å². The minimum atomic E-state index is -0.356. The van der Waals surface area contributed by atoms with Crippen molar-refractivity contribution in [3.05, 3.63) is 101 Å². The standard InChI is InChI=1S/C25H21NO3/c1-17-11-13-19(14-12-17)25(28)26-16-20(21-8-4-5-9-22(21)26)15-24(27)29-23-10-6-3-7-18(23)2/h3-14,16H,15H2,1-2H3. The molecule has 0 radical (unpaired) electrons. The van der Waals surface area contributed by atoms with Crippen LogP contribution in [0.25, 0.3) is 10.9 Å². The van der Waals surface area contributed by atoms with Crippen LogP contribution in [0.2, 0.25) is 0 Å². The summed E-state index contributed by atoms with van der Waals surface area (Å²) in [7, 11) is 0. The Hall–Kier alpha value is -3.66. The number of para-hydroxylation sites is 2. The number of benzene rings is 3. The Kier molecular flexibility index (Phi) is 5.00. The molecule has 4 aromatic rings.